The van der Waals surface area contributed by atoms with Crippen molar-refractivity contribution in [2.45, 2.75) is 13.0 Å². The molecule has 0 radical (unpaired) electrons. The van der Waals surface area contributed by atoms with Crippen LogP contribution in [0.25, 0.3) is 10.4 Å². The van der Waals surface area contributed by atoms with Gasteiger partial charge < -0.3 is 9.73 Å². The average molecular weight is 283 g/mol. The summed E-state index contributed by atoms with van der Waals surface area (Å²) in [5.41, 5.74) is 1.29. The van der Waals surface area contributed by atoms with Gasteiger partial charge in [0, 0.05) is 29.3 Å². The van der Waals surface area contributed by atoms with Crippen molar-refractivity contribution in [2.24, 2.45) is 0 Å². The Hall–Kier alpha value is -1.84. The summed E-state index contributed by atoms with van der Waals surface area (Å²) in [6.07, 6.45) is 2.66. The van der Waals surface area contributed by atoms with Crippen molar-refractivity contribution >= 4 is 11.3 Å². The predicted molar refractivity (Wildman–Crippen MR) is 83.9 cm³/mol. The van der Waals surface area contributed by atoms with E-state index in [9.17, 15) is 0 Å². The second kappa shape index (κ2) is 6.55. The van der Waals surface area contributed by atoms with Crippen LogP contribution < -0.4 is 5.32 Å². The van der Waals surface area contributed by atoms with E-state index < -0.39 is 0 Å². The SMILES string of the molecule is c1ccc(-c2ccc(CNCCc3ccco3)s2)cc1. The van der Waals surface area contributed by atoms with Crippen molar-refractivity contribution in [1.29, 1.82) is 0 Å². The molecule has 1 aromatic carbocycles. The Bertz CT molecular complexity index is 628. The first-order valence-corrected chi connectivity index (χ1v) is 7.61. The zero-order valence-electron chi connectivity index (χ0n) is 11.2. The van der Waals surface area contributed by atoms with Crippen molar-refractivity contribution < 1.29 is 4.42 Å². The molecule has 3 aromatic rings. The molecule has 2 nitrogen and oxygen atoms in total. The molecule has 0 fully saturated rings. The molecule has 0 spiro atoms. The molecule has 0 unspecified atom stereocenters. The second-order valence-electron chi connectivity index (χ2n) is 4.64. The van der Waals surface area contributed by atoms with Crippen molar-refractivity contribution in [1.82, 2.24) is 5.32 Å². The van der Waals surface area contributed by atoms with Gasteiger partial charge in [-0.1, -0.05) is 30.3 Å². The number of benzene rings is 1. The Labute approximate surface area is 123 Å². The van der Waals surface area contributed by atoms with Crippen molar-refractivity contribution in [3.8, 4) is 10.4 Å². The number of hydrogen-bond donors (Lipinski definition) is 1. The average Bonchev–Trinajstić information content (AvgIpc) is 3.16. The molecule has 2 aromatic heterocycles. The lowest BCUT2D eigenvalue weighted by molar-refractivity contribution is 0.499. The van der Waals surface area contributed by atoms with Gasteiger partial charge in [0.15, 0.2) is 0 Å². The van der Waals surface area contributed by atoms with Crippen molar-refractivity contribution in [2.75, 3.05) is 6.54 Å². The lowest BCUT2D eigenvalue weighted by Gasteiger charge is -2.01. The molecule has 1 N–H and O–H groups in total. The zero-order valence-corrected chi connectivity index (χ0v) is 12.0. The highest BCUT2D eigenvalue weighted by Crippen LogP contribution is 2.27. The first-order chi connectivity index (χ1) is 9.92. The van der Waals surface area contributed by atoms with Gasteiger partial charge in [-0.15, -0.1) is 11.3 Å². The van der Waals surface area contributed by atoms with Crippen LogP contribution in [-0.2, 0) is 13.0 Å². The van der Waals surface area contributed by atoms with Crippen LogP contribution in [0.15, 0.2) is 65.3 Å². The summed E-state index contributed by atoms with van der Waals surface area (Å²) < 4.78 is 5.31. The quantitative estimate of drug-likeness (QED) is 0.681. The van der Waals surface area contributed by atoms with Gasteiger partial charge in [-0.25, -0.2) is 0 Å². The van der Waals surface area contributed by atoms with Crippen LogP contribution in [0.4, 0.5) is 0 Å². The minimum Gasteiger partial charge on any atom is -0.469 e. The maximum Gasteiger partial charge on any atom is 0.105 e. The van der Waals surface area contributed by atoms with Gasteiger partial charge in [0.1, 0.15) is 5.76 Å². The van der Waals surface area contributed by atoms with Gasteiger partial charge in [0.2, 0.25) is 0 Å². The zero-order chi connectivity index (χ0) is 13.6. The minimum absolute atomic E-state index is 0.915. The van der Waals surface area contributed by atoms with Crippen LogP contribution in [0.3, 0.4) is 0 Å². The summed E-state index contributed by atoms with van der Waals surface area (Å²) in [4.78, 5) is 2.69. The van der Waals surface area contributed by atoms with Gasteiger partial charge in [0.05, 0.1) is 6.26 Å². The van der Waals surface area contributed by atoms with Crippen LogP contribution in [0.2, 0.25) is 0 Å². The molecule has 0 aliphatic heterocycles. The van der Waals surface area contributed by atoms with E-state index in [0.29, 0.717) is 0 Å². The second-order valence-corrected chi connectivity index (χ2v) is 5.81. The fourth-order valence-corrected chi connectivity index (χ4v) is 3.09. The van der Waals surface area contributed by atoms with E-state index >= 15 is 0 Å². The minimum atomic E-state index is 0.915. The molecule has 0 aliphatic carbocycles. The molecule has 3 rings (SSSR count). The predicted octanol–water partition coefficient (Wildman–Crippen LogP) is 4.34. The van der Waals surface area contributed by atoms with Crippen molar-refractivity contribution in [3.63, 3.8) is 0 Å². The van der Waals surface area contributed by atoms with Crippen LogP contribution in [0.5, 0.6) is 0 Å². The smallest absolute Gasteiger partial charge is 0.105 e. The summed E-state index contributed by atoms with van der Waals surface area (Å²) in [7, 11) is 0. The fourth-order valence-electron chi connectivity index (χ4n) is 2.11. The van der Waals surface area contributed by atoms with Gasteiger partial charge in [-0.3, -0.25) is 0 Å². The highest BCUT2D eigenvalue weighted by molar-refractivity contribution is 7.15. The maximum absolute atomic E-state index is 5.31. The molecular weight excluding hydrogens is 266 g/mol. The third-order valence-corrected chi connectivity index (χ3v) is 4.28. The summed E-state index contributed by atoms with van der Waals surface area (Å²) in [6.45, 7) is 1.85. The van der Waals surface area contributed by atoms with Crippen LogP contribution in [0, 0.1) is 0 Å². The van der Waals surface area contributed by atoms with E-state index in [-0.39, 0.29) is 0 Å². The number of furan rings is 1. The van der Waals surface area contributed by atoms with E-state index in [1.807, 2.05) is 29.5 Å². The molecule has 102 valence electrons. The molecular formula is C17H17NOS. The van der Waals surface area contributed by atoms with E-state index in [4.69, 9.17) is 4.42 Å². The lowest BCUT2D eigenvalue weighted by Crippen LogP contribution is -2.15. The summed E-state index contributed by atoms with van der Waals surface area (Å²) >= 11 is 1.85. The monoisotopic (exact) mass is 283 g/mol. The first kappa shape index (κ1) is 13.2. The van der Waals surface area contributed by atoms with Crippen LogP contribution >= 0.6 is 11.3 Å². The number of hydrogen-bond acceptors (Lipinski definition) is 3. The number of nitrogens with one attached hydrogen (secondary N) is 1. The molecule has 3 heteroatoms. The molecule has 20 heavy (non-hydrogen) atoms. The normalized spacial score (nSPS) is 10.8. The molecule has 0 saturated heterocycles. The molecule has 0 saturated carbocycles. The summed E-state index contributed by atoms with van der Waals surface area (Å²) in [6, 6.07) is 18.9. The van der Waals surface area contributed by atoms with E-state index in [1.165, 1.54) is 15.3 Å². The van der Waals surface area contributed by atoms with Crippen molar-refractivity contribution in [3.05, 3.63) is 71.5 Å². The fraction of sp³-hybridized carbons (Fsp3) is 0.176. The Morgan fingerprint density at radius 1 is 0.950 bits per heavy atom. The van der Waals surface area contributed by atoms with Gasteiger partial charge in [-0.05, 0) is 29.8 Å². The number of rotatable bonds is 6. The summed E-state index contributed by atoms with van der Waals surface area (Å²) in [5, 5.41) is 3.46. The molecule has 0 atom stereocenters. The van der Waals surface area contributed by atoms with E-state index in [0.717, 1.165) is 25.3 Å². The van der Waals surface area contributed by atoms with Gasteiger partial charge in [0.25, 0.3) is 0 Å². The lowest BCUT2D eigenvalue weighted by atomic mass is 10.2. The van der Waals surface area contributed by atoms with Crippen LogP contribution in [-0.4, -0.2) is 6.54 Å². The molecule has 2 heterocycles. The summed E-state index contributed by atoms with van der Waals surface area (Å²) in [5.74, 6) is 1.04. The molecule has 0 bridgehead atoms. The standard InChI is InChI=1S/C17H17NOS/c1-2-5-14(6-3-1)17-9-8-16(20-17)13-18-11-10-15-7-4-12-19-15/h1-9,12,18H,10-11,13H2. The highest BCUT2D eigenvalue weighted by Gasteiger charge is 2.02. The molecule has 0 aliphatic rings. The van der Waals surface area contributed by atoms with E-state index in [1.54, 1.807) is 6.26 Å². The van der Waals surface area contributed by atoms with Crippen LogP contribution in [0.1, 0.15) is 10.6 Å². The third-order valence-electron chi connectivity index (χ3n) is 3.15. The largest absolute Gasteiger partial charge is 0.469 e. The van der Waals surface area contributed by atoms with Gasteiger partial charge in [-0.2, -0.15) is 0 Å². The van der Waals surface area contributed by atoms with E-state index in [2.05, 4.69) is 41.7 Å². The van der Waals surface area contributed by atoms with Gasteiger partial charge >= 0.3 is 0 Å². The highest BCUT2D eigenvalue weighted by atomic mass is 32.1. The Morgan fingerprint density at radius 3 is 2.65 bits per heavy atom. The Morgan fingerprint density at radius 2 is 1.85 bits per heavy atom. The Kier molecular flexibility index (Phi) is 4.31. The topological polar surface area (TPSA) is 25.2 Å². The number of thiophene rings is 1. The Balaban J connectivity index is 1.50. The molecule has 0 amide bonds. The maximum atomic E-state index is 5.31. The first-order valence-electron chi connectivity index (χ1n) is 6.79. The third kappa shape index (κ3) is 3.38.